The van der Waals surface area contributed by atoms with Crippen LogP contribution in [0.5, 0.6) is 0 Å². The van der Waals surface area contributed by atoms with Crippen LogP contribution in [0.1, 0.15) is 75.3 Å². The van der Waals surface area contributed by atoms with E-state index in [0.717, 1.165) is 75.3 Å². The van der Waals surface area contributed by atoms with Gasteiger partial charge in [-0.15, -0.1) is 0 Å². The molecule has 6 N–H and O–H groups in total. The van der Waals surface area contributed by atoms with Crippen LogP contribution in [0.3, 0.4) is 0 Å². The number of ether oxygens (including phenoxy) is 2. The number of nitrogens with one attached hydrogen (secondary N) is 6. The molecule has 0 bridgehead atoms. The summed E-state index contributed by atoms with van der Waals surface area (Å²) in [5.41, 5.74) is 4.14. The van der Waals surface area contributed by atoms with Crippen molar-refractivity contribution in [3.63, 3.8) is 0 Å². The molecular weight excluding hydrogens is 749 g/mol. The van der Waals surface area contributed by atoms with E-state index in [2.05, 4.69) is 31.9 Å². The number of benzene rings is 4. The van der Waals surface area contributed by atoms with Crippen LogP contribution < -0.4 is 31.9 Å². The van der Waals surface area contributed by atoms with Crippen LogP contribution in [0, 0.1) is 13.8 Å². The quantitative estimate of drug-likeness (QED) is 0.0912. The highest BCUT2D eigenvalue weighted by molar-refractivity contribution is 7.91. The number of carbonyl (C=O) groups is 4. The van der Waals surface area contributed by atoms with E-state index in [1.165, 1.54) is 48.5 Å². The zero-order valence-corrected chi connectivity index (χ0v) is 32.8. The standard InChI is InChI=1S/C42H48N6O8S/c1-27-13-15-31(45-41(51)55-33-9-5-3-6-10-33)25-37(27)47-39(49)43-29-17-21-35(22-18-29)57(53,54)36-23-19-30(20-24-36)44-40(50)48-38-26-32(16-14-28(38)2)46-42(52)56-34-11-7-4-8-12-34/h13-26,33-34H,3-12H2,1-2H3,(H,45,51)(H,46,52)(H2,43,47,49)(H2,44,48,50). The lowest BCUT2D eigenvalue weighted by molar-refractivity contribution is 0.0858. The maximum Gasteiger partial charge on any atom is 0.411 e. The van der Waals surface area contributed by atoms with Gasteiger partial charge in [0, 0.05) is 34.1 Å². The minimum Gasteiger partial charge on any atom is -0.446 e. The summed E-state index contributed by atoms with van der Waals surface area (Å²) < 4.78 is 37.9. The van der Waals surface area contributed by atoms with E-state index >= 15 is 0 Å². The van der Waals surface area contributed by atoms with E-state index in [4.69, 9.17) is 9.47 Å². The van der Waals surface area contributed by atoms with Crippen molar-refractivity contribution in [1.29, 1.82) is 0 Å². The first kappa shape index (κ1) is 40.6. The second-order valence-electron chi connectivity index (χ2n) is 14.4. The summed E-state index contributed by atoms with van der Waals surface area (Å²) in [6, 6.07) is 20.6. The molecule has 0 unspecified atom stereocenters. The van der Waals surface area contributed by atoms with Gasteiger partial charge in [0.15, 0.2) is 0 Å². The number of hydrogen-bond acceptors (Lipinski definition) is 8. The number of aryl methyl sites for hydroxylation is 2. The molecule has 0 saturated heterocycles. The number of carbonyl (C=O) groups excluding carboxylic acids is 4. The fraction of sp³-hybridized carbons (Fsp3) is 0.333. The van der Waals surface area contributed by atoms with E-state index in [1.807, 2.05) is 13.8 Å². The summed E-state index contributed by atoms with van der Waals surface area (Å²) in [5.74, 6) is 0. The van der Waals surface area contributed by atoms with Gasteiger partial charge in [0.25, 0.3) is 0 Å². The molecule has 14 nitrogen and oxygen atoms in total. The van der Waals surface area contributed by atoms with Gasteiger partial charge >= 0.3 is 24.2 Å². The third kappa shape index (κ3) is 11.5. The summed E-state index contributed by atoms with van der Waals surface area (Å²) in [4.78, 5) is 50.6. The van der Waals surface area contributed by atoms with Gasteiger partial charge < -0.3 is 30.7 Å². The second-order valence-corrected chi connectivity index (χ2v) is 16.3. The van der Waals surface area contributed by atoms with Gasteiger partial charge in [-0.3, -0.25) is 10.6 Å². The lowest BCUT2D eigenvalue weighted by Crippen LogP contribution is -2.24. The normalized spacial score (nSPS) is 14.8. The Labute approximate surface area is 332 Å². The topological polar surface area (TPSA) is 193 Å². The van der Waals surface area contributed by atoms with Crippen molar-refractivity contribution in [1.82, 2.24) is 0 Å². The lowest BCUT2D eigenvalue weighted by atomic mass is 9.98. The molecule has 4 aromatic carbocycles. The van der Waals surface area contributed by atoms with Gasteiger partial charge in [0.2, 0.25) is 9.84 Å². The van der Waals surface area contributed by atoms with Crippen LogP contribution in [-0.4, -0.2) is 44.9 Å². The molecule has 57 heavy (non-hydrogen) atoms. The van der Waals surface area contributed by atoms with Crippen LogP contribution in [0.25, 0.3) is 0 Å². The summed E-state index contributed by atoms with van der Waals surface area (Å²) in [5, 5.41) is 16.4. The van der Waals surface area contributed by atoms with E-state index < -0.39 is 34.1 Å². The highest BCUT2D eigenvalue weighted by atomic mass is 32.2. The Morgan fingerprint density at radius 3 is 1.19 bits per heavy atom. The molecule has 6 rings (SSSR count). The molecule has 0 spiro atoms. The van der Waals surface area contributed by atoms with E-state index in [1.54, 1.807) is 36.4 Å². The average molecular weight is 797 g/mol. The van der Waals surface area contributed by atoms with Gasteiger partial charge in [0.05, 0.1) is 9.79 Å². The highest BCUT2D eigenvalue weighted by Gasteiger charge is 2.21. The first-order chi connectivity index (χ1) is 27.4. The minimum atomic E-state index is -3.93. The summed E-state index contributed by atoms with van der Waals surface area (Å²) >= 11 is 0. The first-order valence-corrected chi connectivity index (χ1v) is 20.7. The monoisotopic (exact) mass is 796 g/mol. The molecule has 2 aliphatic carbocycles. The molecule has 0 radical (unpaired) electrons. The molecule has 0 aromatic heterocycles. The minimum absolute atomic E-state index is 0.00762. The average Bonchev–Trinajstić information content (AvgIpc) is 3.18. The Morgan fingerprint density at radius 1 is 0.474 bits per heavy atom. The zero-order chi connectivity index (χ0) is 40.4. The van der Waals surface area contributed by atoms with Crippen LogP contribution in [-0.2, 0) is 19.3 Å². The Kier molecular flexibility index (Phi) is 13.3. The largest absolute Gasteiger partial charge is 0.446 e. The number of anilines is 6. The predicted molar refractivity (Wildman–Crippen MR) is 220 cm³/mol. The zero-order valence-electron chi connectivity index (χ0n) is 32.0. The van der Waals surface area contributed by atoms with Crippen molar-refractivity contribution in [2.45, 2.75) is 100 Å². The molecule has 4 aromatic rings. The number of urea groups is 2. The number of rotatable bonds is 10. The first-order valence-electron chi connectivity index (χ1n) is 19.2. The molecule has 2 saturated carbocycles. The smallest absolute Gasteiger partial charge is 0.411 e. The summed E-state index contributed by atoms with van der Waals surface area (Å²) in [7, 11) is -3.93. The Balaban J connectivity index is 0.993. The van der Waals surface area contributed by atoms with Crippen LogP contribution >= 0.6 is 0 Å². The van der Waals surface area contributed by atoms with Gasteiger partial charge in [-0.1, -0.05) is 25.0 Å². The van der Waals surface area contributed by atoms with Crippen molar-refractivity contribution in [3.8, 4) is 0 Å². The Hall–Kier alpha value is -6.09. The van der Waals surface area contributed by atoms with E-state index in [-0.39, 0.29) is 22.0 Å². The highest BCUT2D eigenvalue weighted by Crippen LogP contribution is 2.27. The molecule has 6 amide bonds. The lowest BCUT2D eigenvalue weighted by Gasteiger charge is -2.22. The fourth-order valence-corrected chi connectivity index (χ4v) is 8.03. The summed E-state index contributed by atoms with van der Waals surface area (Å²) in [6.45, 7) is 3.63. The van der Waals surface area contributed by atoms with Gasteiger partial charge in [-0.25, -0.2) is 27.6 Å². The predicted octanol–water partition coefficient (Wildman–Crippen LogP) is 10.2. The van der Waals surface area contributed by atoms with Gasteiger partial charge in [0.1, 0.15) is 12.2 Å². The fourth-order valence-electron chi connectivity index (χ4n) is 6.77. The van der Waals surface area contributed by atoms with Crippen molar-refractivity contribution in [2.24, 2.45) is 0 Å². The SMILES string of the molecule is Cc1ccc(NC(=O)OC2CCCCC2)cc1NC(=O)Nc1ccc(S(=O)(=O)c2ccc(NC(=O)Nc3cc(NC(=O)OC4CCCCC4)ccc3C)cc2)cc1. The molecule has 2 aliphatic rings. The van der Waals surface area contributed by atoms with E-state index in [0.29, 0.717) is 34.1 Å². The van der Waals surface area contributed by atoms with E-state index in [9.17, 15) is 27.6 Å². The Morgan fingerprint density at radius 2 is 0.825 bits per heavy atom. The Bertz CT molecular complexity index is 2030. The molecule has 0 heterocycles. The van der Waals surface area contributed by atoms with Crippen molar-refractivity contribution in [3.05, 3.63) is 96.1 Å². The maximum absolute atomic E-state index is 13.4. The van der Waals surface area contributed by atoms with Crippen molar-refractivity contribution >= 4 is 68.2 Å². The third-order valence-electron chi connectivity index (χ3n) is 9.96. The van der Waals surface area contributed by atoms with Gasteiger partial charge in [-0.05, 0) is 149 Å². The van der Waals surface area contributed by atoms with Crippen molar-refractivity contribution in [2.75, 3.05) is 31.9 Å². The number of amides is 6. The van der Waals surface area contributed by atoms with Crippen LogP contribution in [0.15, 0.2) is 94.7 Å². The molecule has 15 heteroatoms. The molecule has 2 fully saturated rings. The summed E-state index contributed by atoms with van der Waals surface area (Å²) in [6.07, 6.45) is 8.62. The van der Waals surface area contributed by atoms with Gasteiger partial charge in [-0.2, -0.15) is 0 Å². The molecule has 0 atom stereocenters. The molecule has 0 aliphatic heterocycles. The van der Waals surface area contributed by atoms with Crippen LogP contribution in [0.4, 0.5) is 53.3 Å². The number of sulfone groups is 1. The van der Waals surface area contributed by atoms with Crippen LogP contribution in [0.2, 0.25) is 0 Å². The molecule has 300 valence electrons. The number of hydrogen-bond donors (Lipinski definition) is 6. The second kappa shape index (κ2) is 18.7. The third-order valence-corrected chi connectivity index (χ3v) is 11.7. The molecular formula is C42H48N6O8S. The van der Waals surface area contributed by atoms with Crippen molar-refractivity contribution < 1.29 is 37.1 Å². The maximum atomic E-state index is 13.4.